The lowest BCUT2D eigenvalue weighted by Crippen LogP contribution is -2.35. The second-order valence-corrected chi connectivity index (χ2v) is 3.96. The Kier molecular flexibility index (Phi) is 5.10. The van der Waals surface area contributed by atoms with Gasteiger partial charge in [-0.15, -0.1) is 0 Å². The Balaban J connectivity index is 2.63. The van der Waals surface area contributed by atoms with Gasteiger partial charge < -0.3 is 15.4 Å². The Morgan fingerprint density at radius 1 is 1.50 bits per heavy atom. The number of carboxylic acid groups (broad SMARTS) is 1. The normalized spacial score (nSPS) is 11.8. The van der Waals surface area contributed by atoms with Gasteiger partial charge in [-0.2, -0.15) is 0 Å². The largest absolute Gasteiger partial charge is 0.481 e. The van der Waals surface area contributed by atoms with E-state index in [1.54, 1.807) is 0 Å². The van der Waals surface area contributed by atoms with Gasteiger partial charge >= 0.3 is 5.97 Å². The van der Waals surface area contributed by atoms with Gasteiger partial charge in [-0.3, -0.25) is 14.4 Å². The van der Waals surface area contributed by atoms with Crippen LogP contribution in [0.1, 0.15) is 30.1 Å². The Morgan fingerprint density at radius 3 is 2.78 bits per heavy atom. The molecule has 0 bridgehead atoms. The zero-order valence-electron chi connectivity index (χ0n) is 10.1. The fourth-order valence-corrected chi connectivity index (χ4v) is 1.57. The van der Waals surface area contributed by atoms with Crippen LogP contribution in [0.25, 0.3) is 0 Å². The summed E-state index contributed by atoms with van der Waals surface area (Å²) < 4.78 is 0. The summed E-state index contributed by atoms with van der Waals surface area (Å²) in [4.78, 5) is 36.6. The number of rotatable bonds is 6. The molecule has 1 aromatic heterocycles. The van der Waals surface area contributed by atoms with Crippen LogP contribution in [0.4, 0.5) is 0 Å². The summed E-state index contributed by atoms with van der Waals surface area (Å²) in [5, 5.41) is 11.4. The van der Waals surface area contributed by atoms with E-state index >= 15 is 0 Å². The van der Waals surface area contributed by atoms with Gasteiger partial charge in [-0.05, 0) is 6.42 Å². The van der Waals surface area contributed by atoms with Gasteiger partial charge in [0.25, 0.3) is 5.91 Å². The Bertz CT molecular complexity index is 481. The molecule has 1 unspecified atom stereocenters. The first-order chi connectivity index (χ1) is 8.56. The molecule has 18 heavy (non-hydrogen) atoms. The fourth-order valence-electron chi connectivity index (χ4n) is 1.57. The Hall–Kier alpha value is -2.11. The zero-order valence-corrected chi connectivity index (χ0v) is 10.1. The standard InChI is InChI=1S/C12H16N2O4/c1-2-3-8(12(17)18)6-14-11(16)9-7-13-5-4-10(9)15/h4-5,7-8H,2-3,6H2,1H3,(H,13,15)(H,14,16)(H,17,18). The molecule has 1 amide bonds. The first-order valence-corrected chi connectivity index (χ1v) is 5.74. The van der Waals surface area contributed by atoms with Crippen molar-refractivity contribution in [3.63, 3.8) is 0 Å². The van der Waals surface area contributed by atoms with Crippen LogP contribution in [0, 0.1) is 5.92 Å². The number of hydrogen-bond donors (Lipinski definition) is 3. The first kappa shape index (κ1) is 14.0. The number of carboxylic acids is 1. The summed E-state index contributed by atoms with van der Waals surface area (Å²) in [5.41, 5.74) is -0.410. The molecule has 0 saturated heterocycles. The predicted octanol–water partition coefficient (Wildman–Crippen LogP) is 0.606. The molecule has 0 fully saturated rings. The van der Waals surface area contributed by atoms with Crippen LogP contribution < -0.4 is 10.7 Å². The molecule has 0 radical (unpaired) electrons. The second-order valence-electron chi connectivity index (χ2n) is 3.96. The summed E-state index contributed by atoms with van der Waals surface area (Å²) in [6.07, 6.45) is 3.93. The van der Waals surface area contributed by atoms with Crippen LogP contribution in [-0.2, 0) is 4.79 Å². The van der Waals surface area contributed by atoms with Crippen molar-refractivity contribution in [1.29, 1.82) is 0 Å². The van der Waals surface area contributed by atoms with Gasteiger partial charge in [0.15, 0.2) is 5.43 Å². The summed E-state index contributed by atoms with van der Waals surface area (Å²) in [6.45, 7) is 1.90. The van der Waals surface area contributed by atoms with Crippen LogP contribution in [0.5, 0.6) is 0 Å². The average Bonchev–Trinajstić information content (AvgIpc) is 2.34. The van der Waals surface area contributed by atoms with Crippen molar-refractivity contribution >= 4 is 11.9 Å². The van der Waals surface area contributed by atoms with Crippen molar-refractivity contribution in [3.8, 4) is 0 Å². The van der Waals surface area contributed by atoms with E-state index in [1.165, 1.54) is 18.5 Å². The lowest BCUT2D eigenvalue weighted by Gasteiger charge is -2.11. The van der Waals surface area contributed by atoms with E-state index < -0.39 is 23.2 Å². The molecule has 3 N–H and O–H groups in total. The van der Waals surface area contributed by atoms with Crippen molar-refractivity contribution in [2.45, 2.75) is 19.8 Å². The average molecular weight is 252 g/mol. The van der Waals surface area contributed by atoms with Gasteiger partial charge in [-0.25, -0.2) is 0 Å². The number of aromatic nitrogens is 1. The number of carbonyl (C=O) groups is 2. The minimum atomic E-state index is -0.945. The van der Waals surface area contributed by atoms with E-state index in [2.05, 4.69) is 10.3 Å². The van der Waals surface area contributed by atoms with E-state index in [9.17, 15) is 14.4 Å². The molecule has 98 valence electrons. The first-order valence-electron chi connectivity index (χ1n) is 5.74. The third-order valence-electron chi connectivity index (χ3n) is 2.56. The fraction of sp³-hybridized carbons (Fsp3) is 0.417. The molecule has 1 heterocycles. The van der Waals surface area contributed by atoms with Crippen LogP contribution in [0.2, 0.25) is 0 Å². The van der Waals surface area contributed by atoms with Crippen LogP contribution in [0.3, 0.4) is 0 Å². The third-order valence-corrected chi connectivity index (χ3v) is 2.56. The highest BCUT2D eigenvalue weighted by Crippen LogP contribution is 2.05. The molecular formula is C12H16N2O4. The zero-order chi connectivity index (χ0) is 13.5. The molecule has 0 aromatic carbocycles. The monoisotopic (exact) mass is 252 g/mol. The Labute approximate surface area is 104 Å². The number of pyridine rings is 1. The quantitative estimate of drug-likeness (QED) is 0.690. The lowest BCUT2D eigenvalue weighted by molar-refractivity contribution is -0.141. The second kappa shape index (κ2) is 6.58. The molecule has 1 atom stereocenters. The van der Waals surface area contributed by atoms with Crippen LogP contribution in [0.15, 0.2) is 23.3 Å². The molecule has 6 heteroatoms. The highest BCUT2D eigenvalue weighted by molar-refractivity contribution is 5.93. The SMILES string of the molecule is CCCC(CNC(=O)c1c[nH]ccc1=O)C(=O)O. The summed E-state index contributed by atoms with van der Waals surface area (Å²) >= 11 is 0. The molecule has 6 nitrogen and oxygen atoms in total. The van der Waals surface area contributed by atoms with Crippen LogP contribution in [-0.4, -0.2) is 28.5 Å². The third kappa shape index (κ3) is 3.73. The minimum Gasteiger partial charge on any atom is -0.481 e. The number of hydrogen-bond acceptors (Lipinski definition) is 3. The molecule has 0 aliphatic heterocycles. The molecule has 0 spiro atoms. The summed E-state index contributed by atoms with van der Waals surface area (Å²) in [5.74, 6) is -2.12. The maximum absolute atomic E-state index is 11.7. The van der Waals surface area contributed by atoms with E-state index in [0.29, 0.717) is 6.42 Å². The molecule has 0 aliphatic carbocycles. The number of amides is 1. The topological polar surface area (TPSA) is 99.3 Å². The molecular weight excluding hydrogens is 236 g/mol. The molecule has 0 saturated carbocycles. The van der Waals surface area contributed by atoms with E-state index in [-0.39, 0.29) is 12.1 Å². The number of carbonyl (C=O) groups excluding carboxylic acids is 1. The maximum Gasteiger partial charge on any atom is 0.308 e. The van der Waals surface area contributed by atoms with E-state index in [0.717, 1.165) is 6.42 Å². The number of aromatic amines is 1. The van der Waals surface area contributed by atoms with E-state index in [4.69, 9.17) is 5.11 Å². The van der Waals surface area contributed by atoms with Gasteiger partial charge in [0, 0.05) is 25.0 Å². The molecule has 1 rings (SSSR count). The van der Waals surface area contributed by atoms with Gasteiger partial charge in [0.05, 0.1) is 5.92 Å². The predicted molar refractivity (Wildman–Crippen MR) is 65.4 cm³/mol. The number of H-pyrrole nitrogens is 1. The summed E-state index contributed by atoms with van der Waals surface area (Å²) in [7, 11) is 0. The van der Waals surface area contributed by atoms with Crippen molar-refractivity contribution in [1.82, 2.24) is 10.3 Å². The summed E-state index contributed by atoms with van der Waals surface area (Å²) in [6, 6.07) is 1.25. The molecule has 1 aromatic rings. The smallest absolute Gasteiger partial charge is 0.308 e. The molecule has 0 aliphatic rings. The highest BCUT2D eigenvalue weighted by atomic mass is 16.4. The van der Waals surface area contributed by atoms with Gasteiger partial charge in [0.1, 0.15) is 5.56 Å². The van der Waals surface area contributed by atoms with Crippen molar-refractivity contribution in [2.75, 3.05) is 6.54 Å². The Morgan fingerprint density at radius 2 is 2.22 bits per heavy atom. The highest BCUT2D eigenvalue weighted by Gasteiger charge is 2.18. The number of nitrogens with one attached hydrogen (secondary N) is 2. The number of aliphatic carboxylic acids is 1. The van der Waals surface area contributed by atoms with Gasteiger partial charge in [0.2, 0.25) is 0 Å². The van der Waals surface area contributed by atoms with Crippen molar-refractivity contribution in [2.24, 2.45) is 5.92 Å². The van der Waals surface area contributed by atoms with Gasteiger partial charge in [-0.1, -0.05) is 13.3 Å². The van der Waals surface area contributed by atoms with Crippen LogP contribution >= 0.6 is 0 Å². The van der Waals surface area contributed by atoms with Crippen molar-refractivity contribution < 1.29 is 14.7 Å². The minimum absolute atomic E-state index is 0.0156. The van der Waals surface area contributed by atoms with E-state index in [1.807, 2.05) is 6.92 Å². The maximum atomic E-state index is 11.7. The lowest BCUT2D eigenvalue weighted by atomic mass is 10.0. The van der Waals surface area contributed by atoms with Crippen molar-refractivity contribution in [3.05, 3.63) is 34.2 Å².